The van der Waals surface area contributed by atoms with E-state index in [-0.39, 0.29) is 17.3 Å². The van der Waals surface area contributed by atoms with Gasteiger partial charge >= 0.3 is 5.69 Å². The van der Waals surface area contributed by atoms with Crippen molar-refractivity contribution in [2.75, 3.05) is 11.1 Å². The van der Waals surface area contributed by atoms with Crippen molar-refractivity contribution in [3.8, 4) is 0 Å². The molecule has 0 saturated carbocycles. The van der Waals surface area contributed by atoms with E-state index in [0.29, 0.717) is 12.1 Å². The van der Waals surface area contributed by atoms with Crippen LogP contribution in [0.25, 0.3) is 0 Å². The van der Waals surface area contributed by atoms with Crippen LogP contribution in [0, 0.1) is 27.6 Å². The molecule has 2 aromatic rings. The topological polar surface area (TPSA) is 94.1 Å². The molecule has 0 amide bonds. The van der Waals surface area contributed by atoms with E-state index in [1.807, 2.05) is 0 Å². The summed E-state index contributed by atoms with van der Waals surface area (Å²) in [5.41, 5.74) is 4.56. The van der Waals surface area contributed by atoms with Crippen molar-refractivity contribution in [1.29, 1.82) is 0 Å². The van der Waals surface area contributed by atoms with Gasteiger partial charge in [0, 0.05) is 18.2 Å². The molecule has 20 heavy (non-hydrogen) atoms. The molecule has 1 aromatic heterocycles. The number of nitrogens with one attached hydrogen (secondary N) is 1. The van der Waals surface area contributed by atoms with Crippen LogP contribution in [0.15, 0.2) is 24.3 Å². The normalized spacial score (nSPS) is 10.3. The molecule has 0 aliphatic rings. The Kier molecular flexibility index (Phi) is 3.42. The lowest BCUT2D eigenvalue weighted by Gasteiger charge is -2.08. The van der Waals surface area contributed by atoms with Crippen molar-refractivity contribution in [1.82, 2.24) is 4.98 Å². The third-order valence-corrected chi connectivity index (χ3v) is 2.37. The smallest absolute Gasteiger partial charge is 0.311 e. The van der Waals surface area contributed by atoms with E-state index >= 15 is 0 Å². The second kappa shape index (κ2) is 5.03. The number of nitro groups is 1. The van der Waals surface area contributed by atoms with Gasteiger partial charge in [0.2, 0.25) is 5.82 Å². The number of hydrogen-bond donors (Lipinski definition) is 2. The van der Waals surface area contributed by atoms with E-state index in [1.165, 1.54) is 0 Å². The largest absolute Gasteiger partial charge is 0.378 e. The van der Waals surface area contributed by atoms with Gasteiger partial charge in [-0.3, -0.25) is 10.1 Å². The van der Waals surface area contributed by atoms with Crippen LogP contribution in [0.5, 0.6) is 0 Å². The minimum Gasteiger partial charge on any atom is -0.378 e. The lowest BCUT2D eigenvalue weighted by Crippen LogP contribution is -2.03. The summed E-state index contributed by atoms with van der Waals surface area (Å²) in [6.45, 7) is 0. The average molecular weight is 284 g/mol. The maximum absolute atomic E-state index is 13.4. The molecule has 0 radical (unpaired) electrons. The number of benzene rings is 1. The summed E-state index contributed by atoms with van der Waals surface area (Å²) in [4.78, 5) is 13.4. The van der Waals surface area contributed by atoms with Gasteiger partial charge in [0.05, 0.1) is 10.6 Å². The molecule has 1 aromatic carbocycles. The van der Waals surface area contributed by atoms with Gasteiger partial charge in [0.1, 0.15) is 11.6 Å². The van der Waals surface area contributed by atoms with Crippen LogP contribution < -0.4 is 11.1 Å². The molecule has 6 nitrogen and oxygen atoms in total. The summed E-state index contributed by atoms with van der Waals surface area (Å²) in [7, 11) is 0. The highest BCUT2D eigenvalue weighted by molar-refractivity contribution is 5.63. The van der Waals surface area contributed by atoms with Crippen LogP contribution in [-0.4, -0.2) is 9.91 Å². The van der Waals surface area contributed by atoms with Crippen molar-refractivity contribution in [2.24, 2.45) is 0 Å². The van der Waals surface area contributed by atoms with Gasteiger partial charge < -0.3 is 11.1 Å². The molecule has 0 atom stereocenters. The Morgan fingerprint density at radius 1 is 1.15 bits per heavy atom. The van der Waals surface area contributed by atoms with Crippen LogP contribution in [0.3, 0.4) is 0 Å². The minimum atomic E-state index is -1.33. The fourth-order valence-electron chi connectivity index (χ4n) is 1.45. The number of nitrogen functional groups attached to an aromatic ring is 1. The van der Waals surface area contributed by atoms with E-state index in [9.17, 15) is 23.3 Å². The van der Waals surface area contributed by atoms with Crippen LogP contribution in [-0.2, 0) is 0 Å². The summed E-state index contributed by atoms with van der Waals surface area (Å²) in [6.07, 6.45) is 0. The standard InChI is InChI=1S/C11H7F3N4O2/c12-5-3-7(14)8(4-6(5)13)16-10-2-1-9(18(19)20)11(15)17-10/h1-4H,(H3,15,16,17). The van der Waals surface area contributed by atoms with Crippen LogP contribution in [0.2, 0.25) is 0 Å². The predicted molar refractivity (Wildman–Crippen MR) is 64.9 cm³/mol. The fourth-order valence-corrected chi connectivity index (χ4v) is 1.45. The number of halogens is 3. The van der Waals surface area contributed by atoms with Gasteiger partial charge in [-0.2, -0.15) is 0 Å². The van der Waals surface area contributed by atoms with E-state index in [2.05, 4.69) is 10.3 Å². The number of rotatable bonds is 3. The molecule has 0 bridgehead atoms. The number of hydrogen-bond acceptors (Lipinski definition) is 5. The number of nitrogens with zero attached hydrogens (tertiary/aromatic N) is 2. The second-order valence-corrected chi connectivity index (χ2v) is 3.73. The SMILES string of the molecule is Nc1nc(Nc2cc(F)c(F)cc2F)ccc1[N+](=O)[O-]. The molecule has 0 aliphatic heterocycles. The summed E-state index contributed by atoms with van der Waals surface area (Å²) < 4.78 is 39.1. The average Bonchev–Trinajstić information content (AvgIpc) is 2.35. The van der Waals surface area contributed by atoms with Gasteiger partial charge in [0.15, 0.2) is 11.6 Å². The third kappa shape index (κ3) is 2.60. The van der Waals surface area contributed by atoms with Crippen molar-refractivity contribution in [3.63, 3.8) is 0 Å². The molecule has 0 aliphatic carbocycles. The molecule has 0 saturated heterocycles. The summed E-state index contributed by atoms with van der Waals surface area (Å²) in [6, 6.07) is 3.19. The Balaban J connectivity index is 2.33. The molecule has 1 heterocycles. The Bertz CT molecular complexity index is 694. The number of anilines is 3. The first-order valence-corrected chi connectivity index (χ1v) is 5.21. The Hall–Kier alpha value is -2.84. The summed E-state index contributed by atoms with van der Waals surface area (Å²) in [5.74, 6) is -4.04. The summed E-state index contributed by atoms with van der Waals surface area (Å²) in [5, 5.41) is 12.9. The molecular weight excluding hydrogens is 277 g/mol. The number of aromatic nitrogens is 1. The zero-order valence-electron chi connectivity index (χ0n) is 9.73. The lowest BCUT2D eigenvalue weighted by atomic mass is 10.2. The van der Waals surface area contributed by atoms with E-state index in [1.54, 1.807) is 0 Å². The van der Waals surface area contributed by atoms with Crippen LogP contribution >= 0.6 is 0 Å². The zero-order valence-corrected chi connectivity index (χ0v) is 9.73. The first-order chi connectivity index (χ1) is 9.38. The van der Waals surface area contributed by atoms with Gasteiger partial charge in [-0.1, -0.05) is 0 Å². The molecule has 0 unspecified atom stereocenters. The predicted octanol–water partition coefficient (Wildman–Crippen LogP) is 2.73. The lowest BCUT2D eigenvalue weighted by molar-refractivity contribution is -0.384. The quantitative estimate of drug-likeness (QED) is 0.513. The van der Waals surface area contributed by atoms with Gasteiger partial charge in [0.25, 0.3) is 0 Å². The highest BCUT2D eigenvalue weighted by Crippen LogP contribution is 2.25. The minimum absolute atomic E-state index is 0.0435. The molecular formula is C11H7F3N4O2. The van der Waals surface area contributed by atoms with Crippen LogP contribution in [0.4, 0.5) is 36.2 Å². The van der Waals surface area contributed by atoms with E-state index in [4.69, 9.17) is 5.73 Å². The number of nitrogens with two attached hydrogens (primary N) is 1. The van der Waals surface area contributed by atoms with Gasteiger partial charge in [-0.15, -0.1) is 0 Å². The highest BCUT2D eigenvalue weighted by Gasteiger charge is 2.14. The van der Waals surface area contributed by atoms with Crippen molar-refractivity contribution in [2.45, 2.75) is 0 Å². The van der Waals surface area contributed by atoms with Crippen molar-refractivity contribution < 1.29 is 18.1 Å². The van der Waals surface area contributed by atoms with E-state index in [0.717, 1.165) is 12.1 Å². The molecule has 104 valence electrons. The zero-order chi connectivity index (χ0) is 14.9. The molecule has 9 heteroatoms. The first kappa shape index (κ1) is 13.6. The first-order valence-electron chi connectivity index (χ1n) is 5.21. The Labute approximate surface area is 110 Å². The van der Waals surface area contributed by atoms with Crippen molar-refractivity contribution in [3.05, 3.63) is 51.8 Å². The molecule has 0 fully saturated rings. The maximum Gasteiger partial charge on any atom is 0.311 e. The van der Waals surface area contributed by atoms with Crippen LogP contribution in [0.1, 0.15) is 0 Å². The Morgan fingerprint density at radius 3 is 2.40 bits per heavy atom. The fraction of sp³-hybridized carbons (Fsp3) is 0. The summed E-state index contributed by atoms with van der Waals surface area (Å²) >= 11 is 0. The number of pyridine rings is 1. The van der Waals surface area contributed by atoms with E-state index < -0.39 is 28.1 Å². The van der Waals surface area contributed by atoms with Gasteiger partial charge in [-0.25, -0.2) is 18.2 Å². The molecule has 2 rings (SSSR count). The Morgan fingerprint density at radius 2 is 1.80 bits per heavy atom. The maximum atomic E-state index is 13.4. The second-order valence-electron chi connectivity index (χ2n) is 3.73. The van der Waals surface area contributed by atoms with Gasteiger partial charge in [-0.05, 0) is 6.07 Å². The molecule has 0 spiro atoms. The third-order valence-electron chi connectivity index (χ3n) is 2.37. The van der Waals surface area contributed by atoms with Crippen molar-refractivity contribution >= 4 is 23.0 Å². The highest BCUT2D eigenvalue weighted by atomic mass is 19.2. The molecule has 3 N–H and O–H groups in total. The monoisotopic (exact) mass is 284 g/mol.